The van der Waals surface area contributed by atoms with Crippen LogP contribution in [0.2, 0.25) is 0 Å². The van der Waals surface area contributed by atoms with Crippen LogP contribution in [0, 0.1) is 11.8 Å². The molecule has 0 bridgehead atoms. The van der Waals surface area contributed by atoms with Gasteiger partial charge in [0.25, 0.3) is 5.91 Å². The molecule has 1 atom stereocenters. The molecule has 2 amide bonds. The maximum Gasteiger partial charge on any atom is 0.271 e. The van der Waals surface area contributed by atoms with Gasteiger partial charge in [-0.2, -0.15) is 0 Å². The molecular weight excluding hydrogens is 280 g/mol. The van der Waals surface area contributed by atoms with Gasteiger partial charge in [0, 0.05) is 19.1 Å². The van der Waals surface area contributed by atoms with E-state index >= 15 is 0 Å². The summed E-state index contributed by atoms with van der Waals surface area (Å²) < 4.78 is 1.94. The third-order valence-electron chi connectivity index (χ3n) is 3.78. The summed E-state index contributed by atoms with van der Waals surface area (Å²) in [6.07, 6.45) is 3.14. The molecule has 0 spiro atoms. The predicted octanol–water partition coefficient (Wildman–Crippen LogP) is 1.36. The zero-order chi connectivity index (χ0) is 16.3. The first-order valence-corrected chi connectivity index (χ1v) is 8.01. The van der Waals surface area contributed by atoms with Gasteiger partial charge in [0.1, 0.15) is 5.69 Å². The summed E-state index contributed by atoms with van der Waals surface area (Å²) in [6.45, 7) is 9.27. The van der Waals surface area contributed by atoms with Crippen LogP contribution in [0.25, 0.3) is 0 Å². The van der Waals surface area contributed by atoms with Gasteiger partial charge in [0.15, 0.2) is 0 Å². The number of aromatic nitrogens is 2. The van der Waals surface area contributed by atoms with Crippen LogP contribution in [0.5, 0.6) is 0 Å². The number of hydrogen-bond acceptors (Lipinski definition) is 3. The van der Waals surface area contributed by atoms with E-state index in [1.54, 1.807) is 6.33 Å². The highest BCUT2D eigenvalue weighted by Gasteiger charge is 2.28. The monoisotopic (exact) mass is 306 g/mol. The van der Waals surface area contributed by atoms with Gasteiger partial charge in [0.05, 0.1) is 17.9 Å². The van der Waals surface area contributed by atoms with Crippen molar-refractivity contribution in [3.63, 3.8) is 0 Å². The van der Waals surface area contributed by atoms with E-state index in [1.807, 2.05) is 18.4 Å². The molecule has 122 valence electrons. The Labute approximate surface area is 131 Å². The molecule has 1 aliphatic rings. The highest BCUT2D eigenvalue weighted by atomic mass is 16.2. The Bertz CT molecular complexity index is 548. The number of carbonyl (C=O) groups excluding carboxylic acids is 2. The summed E-state index contributed by atoms with van der Waals surface area (Å²) in [5.74, 6) is 0.329. The van der Waals surface area contributed by atoms with Crippen molar-refractivity contribution in [2.24, 2.45) is 11.8 Å². The van der Waals surface area contributed by atoms with E-state index in [9.17, 15) is 9.59 Å². The van der Waals surface area contributed by atoms with Gasteiger partial charge in [0.2, 0.25) is 5.91 Å². The normalized spacial score (nSPS) is 17.5. The first kappa shape index (κ1) is 16.5. The Hall–Kier alpha value is -1.85. The zero-order valence-electron chi connectivity index (χ0n) is 13.8. The largest absolute Gasteiger partial charge is 0.354 e. The van der Waals surface area contributed by atoms with Crippen molar-refractivity contribution >= 4 is 11.8 Å². The summed E-state index contributed by atoms with van der Waals surface area (Å²) in [7, 11) is 0. The summed E-state index contributed by atoms with van der Waals surface area (Å²) in [4.78, 5) is 28.5. The number of amides is 2. The molecule has 0 aromatic carbocycles. The minimum Gasteiger partial charge on any atom is -0.354 e. The van der Waals surface area contributed by atoms with Crippen molar-refractivity contribution in [3.05, 3.63) is 17.7 Å². The van der Waals surface area contributed by atoms with E-state index in [2.05, 4.69) is 29.5 Å². The fourth-order valence-electron chi connectivity index (χ4n) is 2.65. The quantitative estimate of drug-likeness (QED) is 0.862. The molecule has 6 heteroatoms. The zero-order valence-corrected chi connectivity index (χ0v) is 13.8. The van der Waals surface area contributed by atoms with E-state index in [0.717, 1.165) is 12.1 Å². The fourth-order valence-corrected chi connectivity index (χ4v) is 2.65. The molecule has 2 heterocycles. The van der Waals surface area contributed by atoms with Crippen LogP contribution in [0.3, 0.4) is 0 Å². The van der Waals surface area contributed by atoms with Crippen molar-refractivity contribution in [1.82, 2.24) is 20.2 Å². The summed E-state index contributed by atoms with van der Waals surface area (Å²) in [6, 6.07) is 0.147. The lowest BCUT2D eigenvalue weighted by Gasteiger charge is -2.24. The maximum atomic E-state index is 12.2. The minimum absolute atomic E-state index is 0.0457. The number of imidazole rings is 1. The van der Waals surface area contributed by atoms with Gasteiger partial charge < -0.3 is 15.2 Å². The number of carbonyl (C=O) groups is 2. The Morgan fingerprint density at radius 3 is 2.73 bits per heavy atom. The van der Waals surface area contributed by atoms with Gasteiger partial charge in [-0.1, -0.05) is 13.8 Å². The van der Waals surface area contributed by atoms with Gasteiger partial charge in [-0.3, -0.25) is 9.59 Å². The fraction of sp³-hybridized carbons (Fsp3) is 0.688. The molecule has 0 aliphatic carbocycles. The smallest absolute Gasteiger partial charge is 0.271 e. The maximum absolute atomic E-state index is 12.2. The number of hydrogen-bond donors (Lipinski definition) is 2. The molecule has 1 aromatic rings. The lowest BCUT2D eigenvalue weighted by atomic mass is 9.96. The summed E-state index contributed by atoms with van der Waals surface area (Å²) in [5, 5.41) is 5.85. The lowest BCUT2D eigenvalue weighted by molar-refractivity contribution is -0.126. The number of nitrogens with zero attached hydrogens (tertiary/aromatic N) is 2. The second-order valence-corrected chi connectivity index (χ2v) is 6.69. The Morgan fingerprint density at radius 2 is 2.09 bits per heavy atom. The Balaban J connectivity index is 2.03. The number of fused-ring (bicyclic) bond motifs is 1. The Kier molecular flexibility index (Phi) is 5.21. The molecule has 1 aliphatic heterocycles. The molecule has 22 heavy (non-hydrogen) atoms. The molecule has 2 N–H and O–H groups in total. The highest BCUT2D eigenvalue weighted by Crippen LogP contribution is 2.22. The second kappa shape index (κ2) is 6.94. The van der Waals surface area contributed by atoms with Crippen molar-refractivity contribution in [3.8, 4) is 0 Å². The number of nitrogens with one attached hydrogen (secondary N) is 2. The van der Waals surface area contributed by atoms with E-state index in [0.29, 0.717) is 31.1 Å². The van der Waals surface area contributed by atoms with Crippen molar-refractivity contribution < 1.29 is 9.59 Å². The van der Waals surface area contributed by atoms with Gasteiger partial charge in [-0.25, -0.2) is 4.98 Å². The van der Waals surface area contributed by atoms with E-state index in [1.165, 1.54) is 0 Å². The van der Waals surface area contributed by atoms with Gasteiger partial charge in [-0.15, -0.1) is 0 Å². The van der Waals surface area contributed by atoms with Gasteiger partial charge in [-0.05, 0) is 32.6 Å². The third-order valence-corrected chi connectivity index (χ3v) is 3.78. The average molecular weight is 306 g/mol. The minimum atomic E-state index is -0.118. The summed E-state index contributed by atoms with van der Waals surface area (Å²) in [5.41, 5.74) is 1.44. The van der Waals surface area contributed by atoms with Crippen LogP contribution in [-0.2, 0) is 17.8 Å². The first-order chi connectivity index (χ1) is 10.4. The van der Waals surface area contributed by atoms with Crippen LogP contribution in [0.1, 0.15) is 50.3 Å². The molecule has 1 aromatic heterocycles. The molecule has 6 nitrogen and oxygen atoms in total. The van der Waals surface area contributed by atoms with Gasteiger partial charge >= 0.3 is 0 Å². The highest BCUT2D eigenvalue weighted by molar-refractivity contribution is 5.93. The molecule has 0 saturated carbocycles. The molecule has 0 radical (unpaired) electrons. The van der Waals surface area contributed by atoms with Crippen LogP contribution in [-0.4, -0.2) is 34.0 Å². The third kappa shape index (κ3) is 3.87. The number of rotatable bonds is 5. The van der Waals surface area contributed by atoms with Crippen LogP contribution in [0.15, 0.2) is 6.33 Å². The van der Waals surface area contributed by atoms with Crippen LogP contribution < -0.4 is 10.6 Å². The first-order valence-electron chi connectivity index (χ1n) is 8.01. The van der Waals surface area contributed by atoms with E-state index in [-0.39, 0.29) is 23.8 Å². The van der Waals surface area contributed by atoms with Crippen LogP contribution >= 0.6 is 0 Å². The van der Waals surface area contributed by atoms with Crippen molar-refractivity contribution in [2.75, 3.05) is 6.54 Å². The van der Waals surface area contributed by atoms with E-state index in [4.69, 9.17) is 0 Å². The topological polar surface area (TPSA) is 76.0 Å². The molecular formula is C16H26N4O2. The second-order valence-electron chi connectivity index (χ2n) is 6.69. The molecule has 0 saturated heterocycles. The predicted molar refractivity (Wildman–Crippen MR) is 84.5 cm³/mol. The summed E-state index contributed by atoms with van der Waals surface area (Å²) >= 11 is 0. The SMILES string of the molecule is CC(C)CNC(=O)c1ncn2c1CCC(C(=O)NC(C)C)C2. The van der Waals surface area contributed by atoms with Crippen molar-refractivity contribution in [1.29, 1.82) is 0 Å². The Morgan fingerprint density at radius 1 is 1.36 bits per heavy atom. The molecule has 1 unspecified atom stereocenters. The average Bonchev–Trinajstić information content (AvgIpc) is 2.86. The van der Waals surface area contributed by atoms with E-state index < -0.39 is 0 Å². The van der Waals surface area contributed by atoms with Crippen molar-refractivity contribution in [2.45, 2.75) is 53.1 Å². The lowest BCUT2D eigenvalue weighted by Crippen LogP contribution is -2.39. The standard InChI is InChI=1S/C16H26N4O2/c1-10(2)7-17-16(22)14-13-6-5-12(8-20(13)9-18-14)15(21)19-11(3)4/h9-12H,5-8H2,1-4H3,(H,17,22)(H,19,21). The molecule has 0 fully saturated rings. The molecule has 2 rings (SSSR count). The van der Waals surface area contributed by atoms with Crippen LogP contribution in [0.4, 0.5) is 0 Å².